The number of aliphatic hydroxyl groups is 1. The number of imidazole rings is 1. The number of fused-ring (bicyclic) bond motifs is 1. The zero-order chi connectivity index (χ0) is 25.1. The van der Waals surface area contributed by atoms with E-state index in [1.165, 1.54) is 12.8 Å². The second-order valence-electron chi connectivity index (χ2n) is 9.26. The number of aliphatic imine (C=N–C) groups is 1. The lowest BCUT2D eigenvalue weighted by Crippen LogP contribution is -2.24. The molecule has 0 aliphatic heterocycles. The van der Waals surface area contributed by atoms with Crippen LogP contribution in [-0.2, 0) is 6.54 Å². The van der Waals surface area contributed by atoms with Crippen molar-refractivity contribution in [2.45, 2.75) is 52.1 Å². The number of hydrogen-bond acceptors (Lipinski definition) is 6. The fraction of sp³-hybridized carbons (Fsp3) is 0.458. The smallest absolute Gasteiger partial charge is 0.433 e. The second kappa shape index (κ2) is 10.6. The number of amidine groups is 1. The number of aliphatic hydroxyl groups excluding tert-OH is 1. The number of halogens is 1. The average Bonchev–Trinajstić information content (AvgIpc) is 3.16. The number of nitrogens with two attached hydrogens (primary N) is 1. The van der Waals surface area contributed by atoms with E-state index in [1.807, 2.05) is 19.1 Å². The van der Waals surface area contributed by atoms with E-state index in [2.05, 4.69) is 31.8 Å². The van der Waals surface area contributed by atoms with Crippen molar-refractivity contribution in [2.75, 3.05) is 11.9 Å². The van der Waals surface area contributed by atoms with E-state index in [-0.39, 0.29) is 24.3 Å². The van der Waals surface area contributed by atoms with E-state index in [0.29, 0.717) is 40.3 Å². The van der Waals surface area contributed by atoms with Gasteiger partial charge in [-0.1, -0.05) is 43.5 Å². The van der Waals surface area contributed by atoms with Crippen molar-refractivity contribution in [3.8, 4) is 11.3 Å². The van der Waals surface area contributed by atoms with Crippen molar-refractivity contribution in [3.63, 3.8) is 0 Å². The first-order chi connectivity index (χ1) is 16.7. The van der Waals surface area contributed by atoms with Gasteiger partial charge in [-0.2, -0.15) is 9.98 Å². The number of rotatable bonds is 7. The maximum Gasteiger partial charge on any atom is 0.433 e. The van der Waals surface area contributed by atoms with Gasteiger partial charge in [-0.3, -0.25) is 0 Å². The summed E-state index contributed by atoms with van der Waals surface area (Å²) in [5.74, 6) is 1.38. The molecule has 3 aromatic rings. The van der Waals surface area contributed by atoms with Gasteiger partial charge in [0.15, 0.2) is 17.3 Å². The maximum atomic E-state index is 11.1. The third-order valence-electron chi connectivity index (χ3n) is 6.37. The summed E-state index contributed by atoms with van der Waals surface area (Å²) in [6.07, 6.45) is 3.14. The van der Waals surface area contributed by atoms with Crippen LogP contribution in [-0.4, -0.2) is 54.3 Å². The monoisotopic (exact) mass is 499 g/mol. The van der Waals surface area contributed by atoms with Gasteiger partial charge < -0.3 is 25.8 Å². The number of nitrogens with zero attached hydrogens (tertiary/aromatic N) is 5. The van der Waals surface area contributed by atoms with Crippen LogP contribution in [0.4, 0.5) is 10.7 Å². The first kappa shape index (κ1) is 24.9. The highest BCUT2D eigenvalue weighted by Crippen LogP contribution is 2.34. The van der Waals surface area contributed by atoms with Crippen LogP contribution in [0.15, 0.2) is 29.3 Å². The molecule has 1 unspecified atom stereocenters. The molecule has 0 saturated heterocycles. The molecule has 0 radical (unpaired) electrons. The topological polar surface area (TPSA) is 152 Å². The van der Waals surface area contributed by atoms with Gasteiger partial charge in [-0.25, -0.2) is 14.8 Å². The fourth-order valence-corrected chi connectivity index (χ4v) is 4.65. The summed E-state index contributed by atoms with van der Waals surface area (Å²) in [5, 5.41) is 22.5. The molecule has 10 nitrogen and oxygen atoms in total. The minimum absolute atomic E-state index is 0.0345. The number of hydrogen-bond donors (Lipinski definition) is 4. The van der Waals surface area contributed by atoms with Gasteiger partial charge in [0.2, 0.25) is 5.95 Å². The van der Waals surface area contributed by atoms with E-state index in [4.69, 9.17) is 27.4 Å². The van der Waals surface area contributed by atoms with Crippen LogP contribution in [0.1, 0.15) is 45.4 Å². The summed E-state index contributed by atoms with van der Waals surface area (Å²) in [4.78, 5) is 28.3. The van der Waals surface area contributed by atoms with E-state index in [9.17, 15) is 9.90 Å². The molecule has 1 aliphatic carbocycles. The third kappa shape index (κ3) is 5.71. The highest BCUT2D eigenvalue weighted by molar-refractivity contribution is 6.30. The van der Waals surface area contributed by atoms with Gasteiger partial charge in [-0.05, 0) is 43.7 Å². The molecule has 1 fully saturated rings. The largest absolute Gasteiger partial charge is 0.463 e. The van der Waals surface area contributed by atoms with Crippen LogP contribution in [0.3, 0.4) is 0 Å². The molecule has 11 heteroatoms. The van der Waals surface area contributed by atoms with E-state index < -0.39 is 6.09 Å². The Labute approximate surface area is 208 Å². The van der Waals surface area contributed by atoms with Crippen LogP contribution < -0.4 is 11.1 Å². The summed E-state index contributed by atoms with van der Waals surface area (Å²) in [7, 11) is 0. The highest BCUT2D eigenvalue weighted by Gasteiger charge is 2.25. The van der Waals surface area contributed by atoms with Crippen molar-refractivity contribution in [2.24, 2.45) is 22.6 Å². The quantitative estimate of drug-likeness (QED) is 0.279. The minimum atomic E-state index is -1.44. The number of carboxylic acid groups (broad SMARTS) is 1. The van der Waals surface area contributed by atoms with Crippen LogP contribution in [0.2, 0.25) is 5.02 Å². The van der Waals surface area contributed by atoms with Crippen LogP contribution in [0.25, 0.3) is 22.4 Å². The number of carbonyl (C=O) groups is 1. The summed E-state index contributed by atoms with van der Waals surface area (Å²) in [5.41, 5.74) is 8.19. The standard InChI is InChI=1S/C24H30ClN7O3/c1-13-6-8-15(9-7-13)11-32-19-18(16-4-3-5-17(25)10-16)28-22(20(26)29-24(34)35)30-21(19)31-23(32)27-14(2)12-33/h3-5,10,13-15,33H,6-9,11-12H2,1-2H3,(H2,26,29)(H,34,35)(H,27,28,30,31). The van der Waals surface area contributed by atoms with Crippen molar-refractivity contribution in [1.29, 1.82) is 0 Å². The predicted molar refractivity (Wildman–Crippen MR) is 136 cm³/mol. The van der Waals surface area contributed by atoms with Crippen molar-refractivity contribution >= 4 is 40.6 Å². The second-order valence-corrected chi connectivity index (χ2v) is 9.69. The lowest BCUT2D eigenvalue weighted by atomic mass is 9.83. The molecular formula is C24H30ClN7O3. The van der Waals surface area contributed by atoms with Crippen LogP contribution in [0.5, 0.6) is 0 Å². The Bertz CT molecular complexity index is 1250. The molecule has 1 aliphatic rings. The molecule has 0 bridgehead atoms. The molecule has 1 saturated carbocycles. The Morgan fingerprint density at radius 3 is 2.69 bits per heavy atom. The molecule has 186 valence electrons. The van der Waals surface area contributed by atoms with Gasteiger partial charge in [0.1, 0.15) is 11.2 Å². The van der Waals surface area contributed by atoms with Gasteiger partial charge in [0, 0.05) is 23.2 Å². The first-order valence-electron chi connectivity index (χ1n) is 11.7. The van der Waals surface area contributed by atoms with Gasteiger partial charge in [-0.15, -0.1) is 0 Å². The SMILES string of the molecule is CC1CCC(Cn2c(NC(C)CO)nc3nc(C(N)=NC(=O)O)nc(-c4cccc(Cl)c4)c32)CC1. The Hall–Kier alpha value is -3.24. The summed E-state index contributed by atoms with van der Waals surface area (Å²) >= 11 is 6.29. The Balaban J connectivity index is 1.93. The van der Waals surface area contributed by atoms with E-state index in [0.717, 1.165) is 24.3 Å². The van der Waals surface area contributed by atoms with Crippen molar-refractivity contribution in [3.05, 3.63) is 35.1 Å². The Morgan fingerprint density at radius 1 is 1.29 bits per heavy atom. The molecule has 1 amide bonds. The Morgan fingerprint density at radius 2 is 2.03 bits per heavy atom. The molecule has 1 aromatic carbocycles. The van der Waals surface area contributed by atoms with Gasteiger partial charge >= 0.3 is 6.09 Å². The zero-order valence-electron chi connectivity index (χ0n) is 19.8. The number of benzene rings is 1. The van der Waals surface area contributed by atoms with Crippen LogP contribution in [0, 0.1) is 11.8 Å². The number of anilines is 1. The first-order valence-corrected chi connectivity index (χ1v) is 12.1. The minimum Gasteiger partial charge on any atom is -0.463 e. The van der Waals surface area contributed by atoms with Crippen molar-refractivity contribution in [1.82, 2.24) is 19.5 Å². The third-order valence-corrected chi connectivity index (χ3v) is 6.61. The van der Waals surface area contributed by atoms with Gasteiger partial charge in [0.25, 0.3) is 0 Å². The number of nitrogens with one attached hydrogen (secondary N) is 1. The van der Waals surface area contributed by atoms with E-state index in [1.54, 1.807) is 12.1 Å². The lowest BCUT2D eigenvalue weighted by Gasteiger charge is -2.27. The van der Waals surface area contributed by atoms with E-state index >= 15 is 0 Å². The molecule has 35 heavy (non-hydrogen) atoms. The zero-order valence-corrected chi connectivity index (χ0v) is 20.5. The molecule has 2 heterocycles. The highest BCUT2D eigenvalue weighted by atomic mass is 35.5. The normalized spacial score (nSPS) is 19.6. The number of aromatic nitrogens is 4. The fourth-order valence-electron chi connectivity index (χ4n) is 4.46. The lowest BCUT2D eigenvalue weighted by molar-refractivity contribution is 0.205. The average molecular weight is 500 g/mol. The predicted octanol–water partition coefficient (Wildman–Crippen LogP) is 4.15. The van der Waals surface area contributed by atoms with Crippen molar-refractivity contribution < 1.29 is 15.0 Å². The molecule has 0 spiro atoms. The van der Waals surface area contributed by atoms with Gasteiger partial charge in [0.05, 0.1) is 6.61 Å². The summed E-state index contributed by atoms with van der Waals surface area (Å²) in [6.45, 7) is 4.78. The summed E-state index contributed by atoms with van der Waals surface area (Å²) in [6, 6.07) is 6.99. The summed E-state index contributed by atoms with van der Waals surface area (Å²) < 4.78 is 2.06. The molecule has 5 N–H and O–H groups in total. The molecule has 4 rings (SSSR count). The van der Waals surface area contributed by atoms with Crippen LogP contribution >= 0.6 is 11.6 Å². The molecule has 2 aromatic heterocycles. The Kier molecular flexibility index (Phi) is 7.51. The molecule has 1 atom stereocenters. The number of amides is 1. The maximum absolute atomic E-state index is 11.1. The molecular weight excluding hydrogens is 470 g/mol.